The molecule has 4 rings (SSSR count). The Morgan fingerprint density at radius 2 is 2.03 bits per heavy atom. The van der Waals surface area contributed by atoms with E-state index in [-0.39, 0.29) is 23.8 Å². The second kappa shape index (κ2) is 8.39. The molecule has 3 heterocycles. The third kappa shape index (κ3) is 3.86. The molecule has 7 nitrogen and oxygen atoms in total. The van der Waals surface area contributed by atoms with Crippen LogP contribution in [0.3, 0.4) is 0 Å². The van der Waals surface area contributed by atoms with Crippen molar-refractivity contribution in [2.24, 2.45) is 0 Å². The van der Waals surface area contributed by atoms with Gasteiger partial charge in [-0.3, -0.25) is 9.36 Å². The van der Waals surface area contributed by atoms with Gasteiger partial charge in [-0.15, -0.1) is 11.3 Å². The first-order valence-electron chi connectivity index (χ1n) is 9.76. The topological polar surface area (TPSA) is 83.6 Å². The maximum atomic E-state index is 13.6. The van der Waals surface area contributed by atoms with Crippen LogP contribution in [0, 0.1) is 0 Å². The van der Waals surface area contributed by atoms with Gasteiger partial charge in [0.2, 0.25) is 5.76 Å². The molecule has 0 unspecified atom stereocenters. The van der Waals surface area contributed by atoms with Crippen LogP contribution >= 0.6 is 11.3 Å². The summed E-state index contributed by atoms with van der Waals surface area (Å²) >= 11 is 1.44. The quantitative estimate of drug-likeness (QED) is 0.406. The predicted molar refractivity (Wildman–Crippen MR) is 119 cm³/mol. The molecule has 0 fully saturated rings. The number of esters is 1. The Hall–Kier alpha value is -3.39. The van der Waals surface area contributed by atoms with E-state index in [2.05, 4.69) is 0 Å². The highest BCUT2D eigenvalue weighted by atomic mass is 32.1. The first-order valence-corrected chi connectivity index (χ1v) is 10.6. The monoisotopic (exact) mass is 438 g/mol. The third-order valence-electron chi connectivity index (χ3n) is 4.98. The van der Waals surface area contributed by atoms with Crippen molar-refractivity contribution in [3.05, 3.63) is 69.5 Å². The SMILES string of the molecule is COC(=O)c1ccc(Cn2c(C(C)C)nc3scc(-c4cccc(OC)c4)c3c2=O)o1. The van der Waals surface area contributed by atoms with E-state index in [1.54, 1.807) is 23.8 Å². The van der Waals surface area contributed by atoms with Crippen LogP contribution in [-0.2, 0) is 11.3 Å². The van der Waals surface area contributed by atoms with Gasteiger partial charge in [-0.25, -0.2) is 9.78 Å². The molecule has 0 N–H and O–H groups in total. The van der Waals surface area contributed by atoms with Crippen molar-refractivity contribution in [3.8, 4) is 16.9 Å². The summed E-state index contributed by atoms with van der Waals surface area (Å²) in [5, 5.41) is 2.51. The lowest BCUT2D eigenvalue weighted by molar-refractivity contribution is 0.0563. The number of benzene rings is 1. The van der Waals surface area contributed by atoms with Crippen LogP contribution in [0.2, 0.25) is 0 Å². The zero-order valence-electron chi connectivity index (χ0n) is 17.7. The number of furan rings is 1. The summed E-state index contributed by atoms with van der Waals surface area (Å²) in [5.41, 5.74) is 1.55. The lowest BCUT2D eigenvalue weighted by Crippen LogP contribution is -2.26. The molecular formula is C23H22N2O5S. The zero-order chi connectivity index (χ0) is 22.1. The fourth-order valence-corrected chi connectivity index (χ4v) is 4.41. The van der Waals surface area contributed by atoms with Gasteiger partial charge in [-0.2, -0.15) is 0 Å². The molecule has 1 aromatic carbocycles. The zero-order valence-corrected chi connectivity index (χ0v) is 18.5. The minimum absolute atomic E-state index is 0.0227. The van der Waals surface area contributed by atoms with Gasteiger partial charge in [0, 0.05) is 16.9 Å². The predicted octanol–water partition coefficient (Wildman–Crippen LogP) is 4.68. The van der Waals surface area contributed by atoms with Crippen molar-refractivity contribution in [3.63, 3.8) is 0 Å². The van der Waals surface area contributed by atoms with Crippen LogP contribution in [0.4, 0.5) is 0 Å². The van der Waals surface area contributed by atoms with Crippen molar-refractivity contribution in [1.82, 2.24) is 9.55 Å². The number of nitrogens with zero attached hydrogens (tertiary/aromatic N) is 2. The van der Waals surface area contributed by atoms with E-state index in [0.717, 1.165) is 16.9 Å². The van der Waals surface area contributed by atoms with E-state index in [1.807, 2.05) is 43.5 Å². The number of aromatic nitrogens is 2. The van der Waals surface area contributed by atoms with Crippen molar-refractivity contribution in [2.75, 3.05) is 14.2 Å². The summed E-state index contributed by atoms with van der Waals surface area (Å²) in [7, 11) is 2.90. The maximum absolute atomic E-state index is 13.6. The van der Waals surface area contributed by atoms with E-state index in [4.69, 9.17) is 18.9 Å². The molecule has 160 valence electrons. The molecule has 0 aliphatic heterocycles. The van der Waals surface area contributed by atoms with Crippen LogP contribution in [0.15, 0.2) is 51.0 Å². The molecule has 0 radical (unpaired) electrons. The summed E-state index contributed by atoms with van der Waals surface area (Å²) in [6.45, 7) is 4.14. The highest BCUT2D eigenvalue weighted by molar-refractivity contribution is 7.17. The van der Waals surface area contributed by atoms with E-state index >= 15 is 0 Å². The minimum atomic E-state index is -0.561. The van der Waals surface area contributed by atoms with Gasteiger partial charge in [-0.1, -0.05) is 26.0 Å². The van der Waals surface area contributed by atoms with Gasteiger partial charge < -0.3 is 13.9 Å². The second-order valence-electron chi connectivity index (χ2n) is 7.34. The van der Waals surface area contributed by atoms with Gasteiger partial charge in [0.1, 0.15) is 22.2 Å². The molecule has 0 spiro atoms. The van der Waals surface area contributed by atoms with E-state index < -0.39 is 5.97 Å². The van der Waals surface area contributed by atoms with Gasteiger partial charge in [-0.05, 0) is 29.8 Å². The van der Waals surface area contributed by atoms with E-state index in [9.17, 15) is 9.59 Å². The molecule has 31 heavy (non-hydrogen) atoms. The highest BCUT2D eigenvalue weighted by Gasteiger charge is 2.20. The lowest BCUT2D eigenvalue weighted by Gasteiger charge is -2.14. The number of carbonyl (C=O) groups is 1. The van der Waals surface area contributed by atoms with Crippen molar-refractivity contribution in [1.29, 1.82) is 0 Å². The fourth-order valence-electron chi connectivity index (χ4n) is 3.47. The molecule has 0 saturated heterocycles. The molecule has 0 saturated carbocycles. The van der Waals surface area contributed by atoms with Crippen molar-refractivity contribution in [2.45, 2.75) is 26.3 Å². The standard InChI is InChI=1S/C23H22N2O5S/c1-13(2)20-24-21-19(17(12-31-21)14-6-5-7-15(10-14)28-3)22(26)25(20)11-16-8-9-18(30-16)23(27)29-4/h5-10,12-13H,11H2,1-4H3. The third-order valence-corrected chi connectivity index (χ3v) is 5.85. The van der Waals surface area contributed by atoms with E-state index in [0.29, 0.717) is 21.8 Å². The first kappa shape index (κ1) is 20.9. The minimum Gasteiger partial charge on any atom is -0.497 e. The van der Waals surface area contributed by atoms with Crippen molar-refractivity contribution >= 4 is 27.5 Å². The summed E-state index contributed by atoms with van der Waals surface area (Å²) in [5.74, 6) is 1.41. The highest BCUT2D eigenvalue weighted by Crippen LogP contribution is 2.33. The Balaban J connectivity index is 1.86. The molecule has 0 aliphatic carbocycles. The number of fused-ring (bicyclic) bond motifs is 1. The number of carbonyl (C=O) groups excluding carboxylic acids is 1. The Bertz CT molecular complexity index is 1320. The van der Waals surface area contributed by atoms with Crippen LogP contribution < -0.4 is 10.3 Å². The maximum Gasteiger partial charge on any atom is 0.373 e. The Labute approximate surface area is 182 Å². The molecule has 0 aliphatic rings. The molecule has 4 aromatic rings. The molecule has 8 heteroatoms. The number of hydrogen-bond donors (Lipinski definition) is 0. The van der Waals surface area contributed by atoms with Crippen molar-refractivity contribution < 1.29 is 18.7 Å². The Morgan fingerprint density at radius 1 is 1.23 bits per heavy atom. The van der Waals surface area contributed by atoms with Gasteiger partial charge in [0.15, 0.2) is 0 Å². The van der Waals surface area contributed by atoms with Gasteiger partial charge >= 0.3 is 5.97 Å². The molecule has 0 amide bonds. The van der Waals surface area contributed by atoms with Crippen LogP contribution in [0.25, 0.3) is 21.3 Å². The first-order chi connectivity index (χ1) is 14.9. The van der Waals surface area contributed by atoms with Crippen LogP contribution in [0.5, 0.6) is 5.75 Å². The van der Waals surface area contributed by atoms with E-state index in [1.165, 1.54) is 18.4 Å². The summed E-state index contributed by atoms with van der Waals surface area (Å²) in [6, 6.07) is 10.8. The molecule has 3 aromatic heterocycles. The largest absolute Gasteiger partial charge is 0.497 e. The Morgan fingerprint density at radius 3 is 2.74 bits per heavy atom. The second-order valence-corrected chi connectivity index (χ2v) is 8.19. The average Bonchev–Trinajstić information content (AvgIpc) is 3.42. The number of hydrogen-bond acceptors (Lipinski definition) is 7. The molecular weight excluding hydrogens is 416 g/mol. The molecule has 0 bridgehead atoms. The average molecular weight is 439 g/mol. The molecule has 0 atom stereocenters. The van der Waals surface area contributed by atoms with Gasteiger partial charge in [0.05, 0.1) is 26.2 Å². The van der Waals surface area contributed by atoms with Crippen LogP contribution in [0.1, 0.15) is 41.9 Å². The fraction of sp³-hybridized carbons (Fsp3) is 0.261. The lowest BCUT2D eigenvalue weighted by atomic mass is 10.1. The number of ether oxygens (including phenoxy) is 2. The number of thiophene rings is 1. The van der Waals surface area contributed by atoms with Crippen LogP contribution in [-0.4, -0.2) is 29.7 Å². The number of methoxy groups -OCH3 is 2. The number of rotatable bonds is 6. The normalized spacial score (nSPS) is 11.3. The summed E-state index contributed by atoms with van der Waals surface area (Å²) in [6.07, 6.45) is 0. The van der Waals surface area contributed by atoms with Gasteiger partial charge in [0.25, 0.3) is 5.56 Å². The smallest absolute Gasteiger partial charge is 0.373 e. The summed E-state index contributed by atoms with van der Waals surface area (Å²) in [4.78, 5) is 30.8. The Kier molecular flexibility index (Phi) is 5.65. The summed E-state index contributed by atoms with van der Waals surface area (Å²) < 4.78 is 17.2.